The molecule has 0 bridgehead atoms. The van der Waals surface area contributed by atoms with Crippen molar-refractivity contribution in [2.45, 2.75) is 76.4 Å². The monoisotopic (exact) mass is 964 g/mol. The van der Waals surface area contributed by atoms with Gasteiger partial charge in [-0.25, -0.2) is 4.79 Å². The largest absolute Gasteiger partial charge is 0.509 e. The van der Waals surface area contributed by atoms with Crippen LogP contribution in [0.25, 0.3) is 11.3 Å². The third-order valence-corrected chi connectivity index (χ3v) is 11.7. The number of halogens is 1. The number of rotatable bonds is 21. The molecule has 62 heavy (non-hydrogen) atoms. The van der Waals surface area contributed by atoms with E-state index in [-0.39, 0.29) is 36.3 Å². The summed E-state index contributed by atoms with van der Waals surface area (Å²) in [5, 5.41) is 21.4. The van der Waals surface area contributed by atoms with Crippen molar-refractivity contribution in [1.82, 2.24) is 41.6 Å². The fourth-order valence-corrected chi connectivity index (χ4v) is 7.14. The fourth-order valence-electron chi connectivity index (χ4n) is 6.61. The van der Waals surface area contributed by atoms with E-state index in [1.54, 1.807) is 54.7 Å². The number of H-pyrrole nitrogens is 1. The molecule has 0 spiro atoms. The summed E-state index contributed by atoms with van der Waals surface area (Å²) >= 11 is 1.92. The molecular formula is C44H53IN8O9. The van der Waals surface area contributed by atoms with Crippen LogP contribution in [0.1, 0.15) is 43.9 Å². The second-order valence-electron chi connectivity index (χ2n) is 15.2. The van der Waals surface area contributed by atoms with Gasteiger partial charge in [-0.1, -0.05) is 108 Å². The number of ketones is 1. The third kappa shape index (κ3) is 14.4. The number of carbonyl (C=O) groups excluding carboxylic acids is 6. The van der Waals surface area contributed by atoms with E-state index in [2.05, 4.69) is 36.7 Å². The summed E-state index contributed by atoms with van der Waals surface area (Å²) < 4.78 is 16.3. The predicted molar refractivity (Wildman–Crippen MR) is 237 cm³/mol. The zero-order chi connectivity index (χ0) is 44.5. The Morgan fingerprint density at radius 2 is 1.42 bits per heavy atom. The SMILES string of the molecule is C[C@H](NC(=O)[C@H](CCc1ccccc1)NC(=O)CN1CCOCC1)C(=O)N[C@@H](Cc1ccccc1)C(=O)N[C@@H](C)C(=O)[C@@](C)(CI)OC(=O)OCc1ccc(-c2cn[nH]n2)cc1. The highest BCUT2D eigenvalue weighted by atomic mass is 127. The second kappa shape index (κ2) is 23.5. The van der Waals surface area contributed by atoms with Gasteiger partial charge in [0.2, 0.25) is 23.6 Å². The summed E-state index contributed by atoms with van der Waals surface area (Å²) in [6.45, 7) is 6.59. The Balaban J connectivity index is 1.19. The number of Topliss-reactive ketones (excluding diaryl/α,β-unsaturated/α-hetero) is 1. The van der Waals surface area contributed by atoms with Crippen LogP contribution >= 0.6 is 22.6 Å². The van der Waals surface area contributed by atoms with Crippen LogP contribution in [0.4, 0.5) is 4.79 Å². The Morgan fingerprint density at radius 3 is 2.05 bits per heavy atom. The average molecular weight is 965 g/mol. The van der Waals surface area contributed by atoms with Crippen molar-refractivity contribution >= 4 is 58.2 Å². The molecule has 18 heteroatoms. The minimum absolute atomic E-state index is 0.0483. The molecule has 5 N–H and O–H groups in total. The molecule has 5 rings (SSSR count). The quantitative estimate of drug-likeness (QED) is 0.0462. The van der Waals surface area contributed by atoms with E-state index < -0.39 is 59.4 Å². The number of aromatic nitrogens is 3. The molecule has 4 aromatic rings. The lowest BCUT2D eigenvalue weighted by molar-refractivity contribution is -0.140. The minimum atomic E-state index is -1.67. The molecule has 1 fully saturated rings. The van der Waals surface area contributed by atoms with Crippen molar-refractivity contribution in [3.63, 3.8) is 0 Å². The molecule has 0 aliphatic carbocycles. The molecule has 5 atom stereocenters. The number of hydrogen-bond donors (Lipinski definition) is 5. The smallest absolute Gasteiger partial charge is 0.429 e. The maximum absolute atomic E-state index is 13.9. The van der Waals surface area contributed by atoms with Crippen LogP contribution in [-0.2, 0) is 57.6 Å². The molecule has 1 aromatic heterocycles. The fraction of sp³-hybridized carbons (Fsp3) is 0.409. The molecule has 0 unspecified atom stereocenters. The number of amides is 4. The summed E-state index contributed by atoms with van der Waals surface area (Å²) in [5.41, 5.74) is 2.18. The molecule has 0 radical (unpaired) electrons. The lowest BCUT2D eigenvalue weighted by Gasteiger charge is -2.30. The van der Waals surface area contributed by atoms with Crippen molar-refractivity contribution in [2.24, 2.45) is 0 Å². The van der Waals surface area contributed by atoms with E-state index in [4.69, 9.17) is 14.2 Å². The van der Waals surface area contributed by atoms with Gasteiger partial charge >= 0.3 is 6.16 Å². The Bertz CT molecular complexity index is 2090. The van der Waals surface area contributed by atoms with Crippen molar-refractivity contribution in [3.05, 3.63) is 108 Å². The van der Waals surface area contributed by atoms with Gasteiger partial charge in [0, 0.05) is 29.5 Å². The van der Waals surface area contributed by atoms with Gasteiger partial charge in [-0.05, 0) is 50.3 Å². The number of ether oxygens (including phenoxy) is 3. The number of aryl methyl sites for hydroxylation is 1. The molecule has 1 aliphatic heterocycles. The number of alkyl halides is 1. The van der Waals surface area contributed by atoms with E-state index in [1.807, 2.05) is 63.9 Å². The van der Waals surface area contributed by atoms with E-state index in [1.165, 1.54) is 20.8 Å². The van der Waals surface area contributed by atoms with Crippen LogP contribution < -0.4 is 21.3 Å². The van der Waals surface area contributed by atoms with Crippen LogP contribution in [0.3, 0.4) is 0 Å². The first-order valence-corrected chi connectivity index (χ1v) is 21.9. The first-order chi connectivity index (χ1) is 29.8. The summed E-state index contributed by atoms with van der Waals surface area (Å²) in [7, 11) is 0. The van der Waals surface area contributed by atoms with Gasteiger partial charge in [0.15, 0.2) is 11.4 Å². The zero-order valence-electron chi connectivity index (χ0n) is 34.9. The molecule has 3 aromatic carbocycles. The number of nitrogens with zero attached hydrogens (tertiary/aromatic N) is 3. The first kappa shape index (κ1) is 47.3. The van der Waals surface area contributed by atoms with Crippen molar-refractivity contribution in [2.75, 3.05) is 37.3 Å². The van der Waals surface area contributed by atoms with E-state index in [0.29, 0.717) is 44.0 Å². The summed E-state index contributed by atoms with van der Waals surface area (Å²) in [6.07, 6.45) is 1.35. The number of morpholine rings is 1. The molecule has 330 valence electrons. The topological polar surface area (TPSA) is 223 Å². The predicted octanol–water partition coefficient (Wildman–Crippen LogP) is 3.07. The van der Waals surface area contributed by atoms with Crippen LogP contribution in [0.15, 0.2) is 91.1 Å². The normalized spacial score (nSPS) is 15.7. The Kier molecular flexibility index (Phi) is 17.9. The van der Waals surface area contributed by atoms with Crippen molar-refractivity contribution < 1.29 is 43.0 Å². The number of hydrogen-bond acceptors (Lipinski definition) is 12. The lowest BCUT2D eigenvalue weighted by atomic mass is 9.97. The number of aromatic amines is 1. The molecule has 1 aliphatic rings. The van der Waals surface area contributed by atoms with Crippen molar-refractivity contribution in [3.8, 4) is 11.3 Å². The number of carbonyl (C=O) groups is 6. The van der Waals surface area contributed by atoms with Gasteiger partial charge in [0.05, 0.1) is 32.0 Å². The standard InChI is InChI=1S/C44H53IN8O9/c1-29(39(55)44(3,28-45)62-43(59)61-27-33-14-17-34(18-15-33)37-25-46-52-51-37)47-42(58)36(24-32-12-8-5-9-13-32)50-40(56)30(2)48-41(57)35(19-16-31-10-6-4-7-11-31)49-38(54)26-53-20-22-60-23-21-53/h4-15,17-18,25,29-30,35-36H,16,19-24,26-28H2,1-3H3,(H,47,58)(H,48,57)(H,49,54)(H,50,56)(H,46,51,52)/t29-,30-,35-,36-,44+/m0/s1. The Labute approximate surface area is 373 Å². The average Bonchev–Trinajstić information content (AvgIpc) is 3.83. The van der Waals surface area contributed by atoms with Crippen LogP contribution in [0.5, 0.6) is 0 Å². The Morgan fingerprint density at radius 1 is 0.790 bits per heavy atom. The van der Waals surface area contributed by atoms with Gasteiger partial charge in [0.25, 0.3) is 0 Å². The van der Waals surface area contributed by atoms with Gasteiger partial charge < -0.3 is 35.5 Å². The van der Waals surface area contributed by atoms with E-state index >= 15 is 0 Å². The maximum Gasteiger partial charge on any atom is 0.509 e. The summed E-state index contributed by atoms with van der Waals surface area (Å²) in [6, 6.07) is 21.3. The van der Waals surface area contributed by atoms with Crippen molar-refractivity contribution in [1.29, 1.82) is 0 Å². The van der Waals surface area contributed by atoms with Gasteiger partial charge in [-0.15, -0.1) is 0 Å². The molecular weight excluding hydrogens is 911 g/mol. The maximum atomic E-state index is 13.9. The minimum Gasteiger partial charge on any atom is -0.429 e. The molecule has 4 amide bonds. The van der Waals surface area contributed by atoms with Crippen LogP contribution in [0.2, 0.25) is 0 Å². The highest BCUT2D eigenvalue weighted by Gasteiger charge is 2.41. The molecule has 2 heterocycles. The Hall–Kier alpha value is -5.73. The zero-order valence-corrected chi connectivity index (χ0v) is 37.1. The first-order valence-electron chi connectivity index (χ1n) is 20.3. The van der Waals surface area contributed by atoms with Crippen LogP contribution in [0, 0.1) is 0 Å². The summed E-state index contributed by atoms with van der Waals surface area (Å²) in [4.78, 5) is 82.9. The highest BCUT2D eigenvalue weighted by Crippen LogP contribution is 2.21. The second-order valence-corrected chi connectivity index (χ2v) is 15.9. The van der Waals surface area contributed by atoms with Gasteiger partial charge in [0.1, 0.15) is 30.4 Å². The lowest BCUT2D eigenvalue weighted by Crippen LogP contribution is -2.59. The number of nitrogens with one attached hydrogen (secondary N) is 5. The van der Waals surface area contributed by atoms with Crippen LogP contribution in [-0.4, -0.2) is 123 Å². The van der Waals surface area contributed by atoms with E-state index in [0.717, 1.165) is 16.7 Å². The van der Waals surface area contributed by atoms with Gasteiger partial charge in [-0.3, -0.25) is 28.9 Å². The van der Waals surface area contributed by atoms with Gasteiger partial charge in [-0.2, -0.15) is 15.4 Å². The summed E-state index contributed by atoms with van der Waals surface area (Å²) in [5.74, 6) is -2.82. The third-order valence-electron chi connectivity index (χ3n) is 10.2. The number of benzene rings is 3. The molecule has 1 saturated heterocycles. The highest BCUT2D eigenvalue weighted by molar-refractivity contribution is 14.1. The molecule has 17 nitrogen and oxygen atoms in total. The van der Waals surface area contributed by atoms with E-state index in [9.17, 15) is 28.8 Å². The molecule has 0 saturated carbocycles.